The van der Waals surface area contributed by atoms with Crippen LogP contribution in [0.4, 0.5) is 0 Å². The van der Waals surface area contributed by atoms with Crippen LogP contribution >= 0.6 is 0 Å². The monoisotopic (exact) mass is 202 g/mol. The first-order chi connectivity index (χ1) is 7.31. The van der Waals surface area contributed by atoms with Crippen molar-refractivity contribution in [2.24, 2.45) is 0 Å². The smallest absolute Gasteiger partial charge is 0.122 e. The summed E-state index contributed by atoms with van der Waals surface area (Å²) in [6.45, 7) is 0.581. The van der Waals surface area contributed by atoms with E-state index in [9.17, 15) is 5.21 Å². The summed E-state index contributed by atoms with van der Waals surface area (Å²) in [4.78, 5) is 0. The molecule has 0 aromatic heterocycles. The second kappa shape index (κ2) is 4.43. The maximum atomic E-state index is 9.44. The van der Waals surface area contributed by atoms with Gasteiger partial charge in [0, 0.05) is 6.54 Å². The van der Waals surface area contributed by atoms with Gasteiger partial charge in [-0.25, -0.2) is 0 Å². The summed E-state index contributed by atoms with van der Waals surface area (Å²) in [7, 11) is 0. The highest BCUT2D eigenvalue weighted by molar-refractivity contribution is 5.21. The van der Waals surface area contributed by atoms with Gasteiger partial charge in [-0.2, -0.15) is 10.3 Å². The van der Waals surface area contributed by atoms with E-state index in [0.717, 1.165) is 17.9 Å². The summed E-state index contributed by atoms with van der Waals surface area (Å²) in [5, 5.41) is 19.5. The molecule has 1 N–H and O–H groups in total. The fourth-order valence-electron chi connectivity index (χ4n) is 2.10. The molecule has 0 saturated carbocycles. The standard InChI is InChI=1S/C12H14N2O/c13-9-12-8-11(6-7-14(12)15)10-4-2-1-3-5-10/h1-5,11-12,15H,6-8H2. The summed E-state index contributed by atoms with van der Waals surface area (Å²) in [6.07, 6.45) is 1.63. The SMILES string of the molecule is N#CC1CC(c2ccccc2)CCN1O. The number of nitriles is 1. The van der Waals surface area contributed by atoms with Crippen LogP contribution in [0.25, 0.3) is 0 Å². The fraction of sp³-hybridized carbons (Fsp3) is 0.417. The van der Waals surface area contributed by atoms with E-state index in [1.807, 2.05) is 18.2 Å². The molecular formula is C12H14N2O. The van der Waals surface area contributed by atoms with Crippen molar-refractivity contribution in [3.63, 3.8) is 0 Å². The van der Waals surface area contributed by atoms with Gasteiger partial charge in [-0.05, 0) is 24.3 Å². The van der Waals surface area contributed by atoms with Crippen LogP contribution in [-0.2, 0) is 0 Å². The van der Waals surface area contributed by atoms with Crippen molar-refractivity contribution >= 4 is 0 Å². The molecule has 1 aliphatic rings. The highest BCUT2D eigenvalue weighted by atomic mass is 16.5. The van der Waals surface area contributed by atoms with E-state index in [2.05, 4.69) is 18.2 Å². The average molecular weight is 202 g/mol. The third-order valence-corrected chi connectivity index (χ3v) is 2.99. The Morgan fingerprint density at radius 1 is 1.33 bits per heavy atom. The van der Waals surface area contributed by atoms with Crippen molar-refractivity contribution in [2.75, 3.05) is 6.54 Å². The molecule has 0 amide bonds. The van der Waals surface area contributed by atoms with Crippen LogP contribution in [0.1, 0.15) is 24.3 Å². The number of piperidine rings is 1. The minimum absolute atomic E-state index is 0.357. The van der Waals surface area contributed by atoms with E-state index in [4.69, 9.17) is 5.26 Å². The van der Waals surface area contributed by atoms with Gasteiger partial charge in [0.15, 0.2) is 0 Å². The van der Waals surface area contributed by atoms with Gasteiger partial charge in [0.2, 0.25) is 0 Å². The molecule has 0 radical (unpaired) electrons. The molecule has 2 atom stereocenters. The lowest BCUT2D eigenvalue weighted by atomic mass is 9.87. The van der Waals surface area contributed by atoms with Crippen molar-refractivity contribution in [1.82, 2.24) is 5.06 Å². The molecule has 1 heterocycles. The quantitative estimate of drug-likeness (QED) is 0.759. The molecule has 2 rings (SSSR count). The number of benzene rings is 1. The Morgan fingerprint density at radius 2 is 2.07 bits per heavy atom. The Bertz CT molecular complexity index is 358. The van der Waals surface area contributed by atoms with E-state index in [-0.39, 0.29) is 6.04 Å². The molecular weight excluding hydrogens is 188 g/mol. The predicted octanol–water partition coefficient (Wildman–Crippen LogP) is 2.15. The van der Waals surface area contributed by atoms with Crippen LogP contribution in [-0.4, -0.2) is 22.9 Å². The number of nitrogens with zero attached hydrogens (tertiary/aromatic N) is 2. The number of hydrogen-bond acceptors (Lipinski definition) is 3. The van der Waals surface area contributed by atoms with Crippen LogP contribution in [0.3, 0.4) is 0 Å². The summed E-state index contributed by atoms with van der Waals surface area (Å²) in [6, 6.07) is 12.0. The average Bonchev–Trinajstić information content (AvgIpc) is 2.31. The van der Waals surface area contributed by atoms with Crippen LogP contribution < -0.4 is 0 Å². The van der Waals surface area contributed by atoms with Gasteiger partial charge in [-0.3, -0.25) is 0 Å². The van der Waals surface area contributed by atoms with Gasteiger partial charge in [0.1, 0.15) is 6.04 Å². The van der Waals surface area contributed by atoms with Crippen molar-refractivity contribution in [2.45, 2.75) is 24.8 Å². The summed E-state index contributed by atoms with van der Waals surface area (Å²) in [5.41, 5.74) is 1.27. The third-order valence-electron chi connectivity index (χ3n) is 2.99. The summed E-state index contributed by atoms with van der Waals surface area (Å²) in [5.74, 6) is 0.402. The molecule has 1 saturated heterocycles. The maximum absolute atomic E-state index is 9.44. The molecule has 1 aromatic rings. The molecule has 15 heavy (non-hydrogen) atoms. The fourth-order valence-corrected chi connectivity index (χ4v) is 2.10. The van der Waals surface area contributed by atoms with Crippen molar-refractivity contribution in [1.29, 1.82) is 5.26 Å². The third kappa shape index (κ3) is 2.17. The van der Waals surface area contributed by atoms with E-state index < -0.39 is 0 Å². The van der Waals surface area contributed by atoms with Gasteiger partial charge in [-0.15, -0.1) is 0 Å². The van der Waals surface area contributed by atoms with Crippen molar-refractivity contribution in [3.8, 4) is 6.07 Å². The van der Waals surface area contributed by atoms with Gasteiger partial charge < -0.3 is 5.21 Å². The number of rotatable bonds is 1. The Labute approximate surface area is 89.5 Å². The van der Waals surface area contributed by atoms with E-state index >= 15 is 0 Å². The normalized spacial score (nSPS) is 27.2. The van der Waals surface area contributed by atoms with E-state index in [0.29, 0.717) is 12.5 Å². The molecule has 0 bridgehead atoms. The lowest BCUT2D eigenvalue weighted by Gasteiger charge is -2.31. The largest absolute Gasteiger partial charge is 0.313 e. The lowest BCUT2D eigenvalue weighted by molar-refractivity contribution is -0.128. The minimum atomic E-state index is -0.357. The molecule has 1 aliphatic heterocycles. The van der Waals surface area contributed by atoms with Crippen LogP contribution in [0.5, 0.6) is 0 Å². The maximum Gasteiger partial charge on any atom is 0.122 e. The molecule has 0 aliphatic carbocycles. The Balaban J connectivity index is 2.10. The minimum Gasteiger partial charge on any atom is -0.313 e. The molecule has 1 fully saturated rings. The highest BCUT2D eigenvalue weighted by Crippen LogP contribution is 2.30. The Kier molecular flexibility index (Phi) is 3.00. The van der Waals surface area contributed by atoms with Crippen molar-refractivity contribution < 1.29 is 5.21 Å². The van der Waals surface area contributed by atoms with Crippen LogP contribution in [0.2, 0.25) is 0 Å². The van der Waals surface area contributed by atoms with Gasteiger partial charge in [0.25, 0.3) is 0 Å². The molecule has 3 nitrogen and oxygen atoms in total. The summed E-state index contributed by atoms with van der Waals surface area (Å²) >= 11 is 0. The second-order valence-electron chi connectivity index (χ2n) is 3.94. The molecule has 2 unspecified atom stereocenters. The van der Waals surface area contributed by atoms with Crippen LogP contribution in [0, 0.1) is 11.3 Å². The number of hydrogen-bond donors (Lipinski definition) is 1. The lowest BCUT2D eigenvalue weighted by Crippen LogP contribution is -2.38. The topological polar surface area (TPSA) is 47.3 Å². The molecule has 78 valence electrons. The predicted molar refractivity (Wildman–Crippen MR) is 56.3 cm³/mol. The molecule has 0 spiro atoms. The Morgan fingerprint density at radius 3 is 2.73 bits per heavy atom. The first-order valence-corrected chi connectivity index (χ1v) is 5.21. The summed E-state index contributed by atoms with van der Waals surface area (Å²) < 4.78 is 0. The molecule has 3 heteroatoms. The van der Waals surface area contributed by atoms with Crippen molar-refractivity contribution in [3.05, 3.63) is 35.9 Å². The number of hydroxylamine groups is 2. The second-order valence-corrected chi connectivity index (χ2v) is 3.94. The Hall–Kier alpha value is -1.37. The zero-order chi connectivity index (χ0) is 10.7. The van der Waals surface area contributed by atoms with Gasteiger partial charge in [0.05, 0.1) is 6.07 Å². The first kappa shape index (κ1) is 10.2. The zero-order valence-electron chi connectivity index (χ0n) is 8.50. The van der Waals surface area contributed by atoms with E-state index in [1.54, 1.807) is 0 Å². The first-order valence-electron chi connectivity index (χ1n) is 5.21. The molecule has 1 aromatic carbocycles. The van der Waals surface area contributed by atoms with E-state index in [1.165, 1.54) is 5.56 Å². The zero-order valence-corrected chi connectivity index (χ0v) is 8.50. The van der Waals surface area contributed by atoms with Crippen LogP contribution in [0.15, 0.2) is 30.3 Å². The van der Waals surface area contributed by atoms with Gasteiger partial charge in [-0.1, -0.05) is 30.3 Å². The van der Waals surface area contributed by atoms with Gasteiger partial charge >= 0.3 is 0 Å². The highest BCUT2D eigenvalue weighted by Gasteiger charge is 2.27.